The van der Waals surface area contributed by atoms with Crippen LogP contribution < -0.4 is 5.73 Å². The van der Waals surface area contributed by atoms with Crippen molar-refractivity contribution in [2.24, 2.45) is 0 Å². The lowest BCUT2D eigenvalue weighted by molar-refractivity contribution is 0.650. The van der Waals surface area contributed by atoms with Crippen LogP contribution in [0.15, 0.2) is 60.8 Å². The Morgan fingerprint density at radius 3 is 2.63 bits per heavy atom. The van der Waals surface area contributed by atoms with Gasteiger partial charge in [0.2, 0.25) is 0 Å². The number of benzene rings is 2. The summed E-state index contributed by atoms with van der Waals surface area (Å²) in [6.07, 6.45) is 1.93. The van der Waals surface area contributed by atoms with Crippen molar-refractivity contribution in [3.63, 3.8) is 0 Å². The minimum absolute atomic E-state index is 0.718. The molecule has 0 saturated carbocycles. The number of hydrogen-bond donors (Lipinski definition) is 1. The smallest absolute Gasteiger partial charge is 0.113 e. The first-order valence-electron chi connectivity index (χ1n) is 6.11. The van der Waals surface area contributed by atoms with Crippen molar-refractivity contribution in [3.05, 3.63) is 66.4 Å². The van der Waals surface area contributed by atoms with Gasteiger partial charge in [-0.3, -0.25) is 0 Å². The van der Waals surface area contributed by atoms with Gasteiger partial charge in [0.1, 0.15) is 5.69 Å². The highest BCUT2D eigenvalue weighted by atomic mass is 15.4. The summed E-state index contributed by atoms with van der Waals surface area (Å²) in [7, 11) is 0. The molecule has 3 aromatic rings. The van der Waals surface area contributed by atoms with Crippen LogP contribution in [0.5, 0.6) is 0 Å². The molecule has 2 aromatic carbocycles. The molecule has 0 saturated heterocycles. The molecule has 0 radical (unpaired) electrons. The third-order valence-electron chi connectivity index (χ3n) is 2.91. The molecule has 4 heteroatoms. The quantitative estimate of drug-likeness (QED) is 0.727. The molecule has 1 heterocycles. The van der Waals surface area contributed by atoms with Crippen LogP contribution in [0.3, 0.4) is 0 Å². The Bertz CT molecular complexity index is 673. The maximum absolute atomic E-state index is 5.77. The monoisotopic (exact) mass is 250 g/mol. The van der Waals surface area contributed by atoms with E-state index in [0.717, 1.165) is 23.5 Å². The van der Waals surface area contributed by atoms with Crippen molar-refractivity contribution in [1.82, 2.24) is 15.0 Å². The van der Waals surface area contributed by atoms with E-state index < -0.39 is 0 Å². The third kappa shape index (κ3) is 2.63. The average molecular weight is 250 g/mol. The van der Waals surface area contributed by atoms with Crippen molar-refractivity contribution in [2.45, 2.75) is 6.54 Å². The van der Waals surface area contributed by atoms with Crippen LogP contribution in [0.25, 0.3) is 11.3 Å². The lowest BCUT2D eigenvalue weighted by Gasteiger charge is -1.99. The van der Waals surface area contributed by atoms with Crippen LogP contribution in [0.2, 0.25) is 0 Å². The number of aromatic nitrogens is 3. The Morgan fingerprint density at radius 2 is 1.84 bits per heavy atom. The average Bonchev–Trinajstić information content (AvgIpc) is 2.88. The van der Waals surface area contributed by atoms with E-state index >= 15 is 0 Å². The molecular formula is C15H14N4. The molecule has 0 amide bonds. The highest BCUT2D eigenvalue weighted by molar-refractivity contribution is 5.62. The second-order valence-electron chi connectivity index (χ2n) is 4.41. The SMILES string of the molecule is Nc1cccc(-c2cn(Cc3ccccc3)nn2)c1. The Labute approximate surface area is 111 Å². The molecule has 0 spiro atoms. The van der Waals surface area contributed by atoms with Gasteiger partial charge in [0.25, 0.3) is 0 Å². The molecule has 0 aliphatic carbocycles. The first-order valence-corrected chi connectivity index (χ1v) is 6.11. The van der Waals surface area contributed by atoms with Gasteiger partial charge in [-0.05, 0) is 17.7 Å². The van der Waals surface area contributed by atoms with E-state index in [2.05, 4.69) is 22.4 Å². The first kappa shape index (κ1) is 11.5. The summed E-state index contributed by atoms with van der Waals surface area (Å²) in [6.45, 7) is 0.718. The van der Waals surface area contributed by atoms with Crippen LogP contribution in [-0.4, -0.2) is 15.0 Å². The van der Waals surface area contributed by atoms with Gasteiger partial charge in [-0.2, -0.15) is 0 Å². The normalized spacial score (nSPS) is 10.5. The van der Waals surface area contributed by atoms with E-state index in [4.69, 9.17) is 5.73 Å². The van der Waals surface area contributed by atoms with Crippen molar-refractivity contribution in [1.29, 1.82) is 0 Å². The first-order chi connectivity index (χ1) is 9.31. The Kier molecular flexibility index (Phi) is 2.98. The summed E-state index contributed by atoms with van der Waals surface area (Å²) < 4.78 is 1.83. The van der Waals surface area contributed by atoms with Gasteiger partial charge >= 0.3 is 0 Å². The van der Waals surface area contributed by atoms with Crippen LogP contribution in [0.1, 0.15) is 5.56 Å². The van der Waals surface area contributed by atoms with E-state index in [9.17, 15) is 0 Å². The summed E-state index contributed by atoms with van der Waals surface area (Å²) in [5.74, 6) is 0. The van der Waals surface area contributed by atoms with Crippen LogP contribution in [0.4, 0.5) is 5.69 Å². The molecule has 0 aliphatic heterocycles. The van der Waals surface area contributed by atoms with Crippen LogP contribution in [0, 0.1) is 0 Å². The van der Waals surface area contributed by atoms with E-state index in [-0.39, 0.29) is 0 Å². The molecule has 2 N–H and O–H groups in total. The van der Waals surface area contributed by atoms with Gasteiger partial charge in [0.15, 0.2) is 0 Å². The zero-order chi connectivity index (χ0) is 13.1. The minimum Gasteiger partial charge on any atom is -0.399 e. The number of anilines is 1. The summed E-state index contributed by atoms with van der Waals surface area (Å²) >= 11 is 0. The molecule has 0 aliphatic rings. The fraction of sp³-hybridized carbons (Fsp3) is 0.0667. The van der Waals surface area contributed by atoms with Crippen molar-refractivity contribution in [2.75, 3.05) is 5.73 Å². The van der Waals surface area contributed by atoms with Crippen LogP contribution in [-0.2, 0) is 6.54 Å². The molecule has 3 rings (SSSR count). The van der Waals surface area contributed by atoms with Gasteiger partial charge in [-0.15, -0.1) is 5.10 Å². The van der Waals surface area contributed by atoms with E-state index in [1.165, 1.54) is 5.56 Å². The molecule has 19 heavy (non-hydrogen) atoms. The Morgan fingerprint density at radius 1 is 1.00 bits per heavy atom. The molecule has 0 atom stereocenters. The van der Waals surface area contributed by atoms with Crippen LogP contribution >= 0.6 is 0 Å². The Balaban J connectivity index is 1.84. The van der Waals surface area contributed by atoms with Crippen molar-refractivity contribution >= 4 is 5.69 Å². The summed E-state index contributed by atoms with van der Waals surface area (Å²) in [4.78, 5) is 0. The molecule has 1 aromatic heterocycles. The number of rotatable bonds is 3. The molecule has 0 bridgehead atoms. The fourth-order valence-corrected chi connectivity index (χ4v) is 1.98. The summed E-state index contributed by atoms with van der Waals surface area (Å²) in [5, 5.41) is 8.32. The van der Waals surface area contributed by atoms with Crippen molar-refractivity contribution in [3.8, 4) is 11.3 Å². The number of nitrogen functional groups attached to an aromatic ring is 1. The zero-order valence-corrected chi connectivity index (χ0v) is 10.4. The van der Waals surface area contributed by atoms with E-state index in [0.29, 0.717) is 0 Å². The fourth-order valence-electron chi connectivity index (χ4n) is 1.98. The topological polar surface area (TPSA) is 56.7 Å². The molecular weight excluding hydrogens is 236 g/mol. The molecule has 4 nitrogen and oxygen atoms in total. The number of hydrogen-bond acceptors (Lipinski definition) is 3. The predicted molar refractivity (Wildman–Crippen MR) is 75.4 cm³/mol. The lowest BCUT2D eigenvalue weighted by Crippen LogP contribution is -1.99. The maximum atomic E-state index is 5.77. The largest absolute Gasteiger partial charge is 0.399 e. The van der Waals surface area contributed by atoms with Gasteiger partial charge < -0.3 is 5.73 Å². The summed E-state index contributed by atoms with van der Waals surface area (Å²) in [6, 6.07) is 17.8. The predicted octanol–water partition coefficient (Wildman–Crippen LogP) is 2.58. The molecule has 94 valence electrons. The maximum Gasteiger partial charge on any atom is 0.113 e. The standard InChI is InChI=1S/C15H14N4/c16-14-8-4-7-13(9-14)15-11-19(18-17-15)10-12-5-2-1-3-6-12/h1-9,11H,10,16H2. The minimum atomic E-state index is 0.718. The second-order valence-corrected chi connectivity index (χ2v) is 4.41. The second kappa shape index (κ2) is 4.94. The van der Waals surface area contributed by atoms with E-state index in [1.807, 2.05) is 53.3 Å². The molecule has 0 fully saturated rings. The number of nitrogens with two attached hydrogens (primary N) is 1. The highest BCUT2D eigenvalue weighted by Crippen LogP contribution is 2.18. The number of nitrogens with zero attached hydrogens (tertiary/aromatic N) is 3. The highest BCUT2D eigenvalue weighted by Gasteiger charge is 2.04. The molecule has 0 unspecified atom stereocenters. The van der Waals surface area contributed by atoms with Gasteiger partial charge in [-0.25, -0.2) is 4.68 Å². The van der Waals surface area contributed by atoms with Gasteiger partial charge in [-0.1, -0.05) is 47.7 Å². The van der Waals surface area contributed by atoms with Gasteiger partial charge in [0.05, 0.1) is 12.7 Å². The third-order valence-corrected chi connectivity index (χ3v) is 2.91. The summed E-state index contributed by atoms with van der Waals surface area (Å²) in [5.41, 5.74) is 9.53. The lowest BCUT2D eigenvalue weighted by atomic mass is 10.1. The van der Waals surface area contributed by atoms with Crippen molar-refractivity contribution < 1.29 is 0 Å². The Hall–Kier alpha value is -2.62. The van der Waals surface area contributed by atoms with E-state index in [1.54, 1.807) is 0 Å². The zero-order valence-electron chi connectivity index (χ0n) is 10.4. The van der Waals surface area contributed by atoms with Gasteiger partial charge in [0, 0.05) is 11.3 Å².